The lowest BCUT2D eigenvalue weighted by atomic mass is 10.0. The third kappa shape index (κ3) is 5.26. The van der Waals surface area contributed by atoms with Gasteiger partial charge in [-0.2, -0.15) is 0 Å². The molecular weight excluding hydrogens is 576 g/mol. The van der Waals surface area contributed by atoms with E-state index in [1.54, 1.807) is 18.4 Å². The van der Waals surface area contributed by atoms with Crippen molar-refractivity contribution in [2.45, 2.75) is 26.5 Å². The second-order valence-corrected chi connectivity index (χ2v) is 11.9. The maximum absolute atomic E-state index is 14.1. The Morgan fingerprint density at radius 2 is 1.88 bits per heavy atom. The van der Waals surface area contributed by atoms with Gasteiger partial charge in [-0.25, -0.2) is 9.79 Å². The molecule has 0 saturated carbocycles. The number of fused-ring (bicyclic) bond motifs is 2. The van der Waals surface area contributed by atoms with Gasteiger partial charge in [-0.15, -0.1) is 11.3 Å². The average molecular weight is 601 g/mol. The maximum atomic E-state index is 14.1. The molecule has 206 valence electrons. The van der Waals surface area contributed by atoms with E-state index in [2.05, 4.69) is 4.99 Å². The van der Waals surface area contributed by atoms with Crippen LogP contribution in [0.15, 0.2) is 99.2 Å². The van der Waals surface area contributed by atoms with Crippen LogP contribution in [0.1, 0.15) is 35.9 Å². The molecule has 3 aromatic carbocycles. The van der Waals surface area contributed by atoms with Crippen molar-refractivity contribution in [3.63, 3.8) is 0 Å². The molecule has 5 aromatic rings. The van der Waals surface area contributed by atoms with E-state index in [4.69, 9.17) is 21.1 Å². The number of aromatic nitrogens is 1. The number of carbonyl (C=O) groups is 1. The molecular formula is C32H25ClN2O4S2. The van der Waals surface area contributed by atoms with Gasteiger partial charge in [0.2, 0.25) is 0 Å². The van der Waals surface area contributed by atoms with Gasteiger partial charge in [-0.1, -0.05) is 71.5 Å². The summed E-state index contributed by atoms with van der Waals surface area (Å²) in [6.07, 6.45) is 1.87. The van der Waals surface area contributed by atoms with E-state index < -0.39 is 12.0 Å². The van der Waals surface area contributed by atoms with Gasteiger partial charge in [0.25, 0.3) is 5.56 Å². The first-order chi connectivity index (χ1) is 19.9. The Balaban J connectivity index is 1.51. The number of thiophene rings is 1. The van der Waals surface area contributed by atoms with Crippen molar-refractivity contribution < 1.29 is 14.3 Å². The van der Waals surface area contributed by atoms with Crippen molar-refractivity contribution in [3.05, 3.63) is 130 Å². The first-order valence-corrected chi connectivity index (χ1v) is 15.1. The first-order valence-electron chi connectivity index (χ1n) is 13.1. The predicted molar refractivity (Wildman–Crippen MR) is 164 cm³/mol. The van der Waals surface area contributed by atoms with E-state index in [0.29, 0.717) is 38.0 Å². The molecule has 6 nitrogen and oxygen atoms in total. The van der Waals surface area contributed by atoms with E-state index >= 15 is 0 Å². The molecule has 0 spiro atoms. The van der Waals surface area contributed by atoms with Crippen molar-refractivity contribution >= 4 is 57.1 Å². The monoisotopic (exact) mass is 600 g/mol. The Morgan fingerprint density at radius 1 is 1.07 bits per heavy atom. The van der Waals surface area contributed by atoms with Crippen LogP contribution in [0, 0.1) is 0 Å². The molecule has 1 atom stereocenters. The third-order valence-electron chi connectivity index (χ3n) is 6.84. The summed E-state index contributed by atoms with van der Waals surface area (Å²) in [5.74, 6) is 0.191. The van der Waals surface area contributed by atoms with Gasteiger partial charge in [0.15, 0.2) is 4.80 Å². The minimum atomic E-state index is -0.611. The molecule has 3 heterocycles. The number of halogens is 1. The summed E-state index contributed by atoms with van der Waals surface area (Å²) in [6.45, 7) is 4.13. The van der Waals surface area contributed by atoms with Gasteiger partial charge in [0.1, 0.15) is 18.4 Å². The third-order valence-corrected chi connectivity index (χ3v) is 9.00. The van der Waals surface area contributed by atoms with Crippen LogP contribution in [0.4, 0.5) is 0 Å². The van der Waals surface area contributed by atoms with E-state index in [1.165, 1.54) is 22.7 Å². The fourth-order valence-electron chi connectivity index (χ4n) is 4.93. The molecule has 2 aromatic heterocycles. The Hall–Kier alpha value is -3.98. The number of allylic oxidation sites excluding steroid dienone is 1. The fraction of sp³-hybridized carbons (Fsp3) is 0.156. The lowest BCUT2D eigenvalue weighted by molar-refractivity contribution is -0.139. The van der Waals surface area contributed by atoms with Crippen molar-refractivity contribution in [2.75, 3.05) is 6.61 Å². The number of nitrogens with zero attached hydrogens (tertiary/aromatic N) is 2. The molecule has 0 N–H and O–H groups in total. The van der Waals surface area contributed by atoms with Crippen LogP contribution < -0.4 is 19.6 Å². The molecule has 0 radical (unpaired) electrons. The second-order valence-electron chi connectivity index (χ2n) is 9.43. The number of thiazole rings is 1. The number of carbonyl (C=O) groups excluding carboxylic acids is 1. The van der Waals surface area contributed by atoms with Crippen molar-refractivity contribution in [1.29, 1.82) is 0 Å². The van der Waals surface area contributed by atoms with Gasteiger partial charge in [-0.05, 0) is 65.9 Å². The number of benzene rings is 3. The lowest BCUT2D eigenvalue weighted by Crippen LogP contribution is -2.39. The highest BCUT2D eigenvalue weighted by Crippen LogP contribution is 2.33. The maximum Gasteiger partial charge on any atom is 0.338 e. The van der Waals surface area contributed by atoms with Crippen LogP contribution in [0.5, 0.6) is 5.75 Å². The molecule has 1 aliphatic heterocycles. The van der Waals surface area contributed by atoms with Crippen LogP contribution in [0.3, 0.4) is 0 Å². The summed E-state index contributed by atoms with van der Waals surface area (Å²) >= 11 is 8.84. The lowest BCUT2D eigenvalue weighted by Gasteiger charge is -2.23. The molecule has 1 unspecified atom stereocenters. The molecule has 6 rings (SSSR count). The molecule has 1 aliphatic rings. The number of ether oxygens (including phenoxy) is 2. The minimum absolute atomic E-state index is 0.224. The quantitative estimate of drug-likeness (QED) is 0.207. The zero-order chi connectivity index (χ0) is 28.5. The highest BCUT2D eigenvalue weighted by atomic mass is 35.5. The first kappa shape index (κ1) is 27.2. The zero-order valence-electron chi connectivity index (χ0n) is 22.3. The summed E-state index contributed by atoms with van der Waals surface area (Å²) in [5, 5.41) is 4.59. The molecule has 0 aliphatic carbocycles. The van der Waals surface area contributed by atoms with Gasteiger partial charge in [0, 0.05) is 15.5 Å². The number of esters is 1. The smallest absolute Gasteiger partial charge is 0.338 e. The van der Waals surface area contributed by atoms with E-state index in [9.17, 15) is 9.59 Å². The van der Waals surface area contributed by atoms with Gasteiger partial charge >= 0.3 is 5.97 Å². The number of rotatable bonds is 7. The molecule has 0 fully saturated rings. The summed E-state index contributed by atoms with van der Waals surface area (Å²) in [4.78, 5) is 33.2. The van der Waals surface area contributed by atoms with Crippen molar-refractivity contribution in [1.82, 2.24) is 4.57 Å². The van der Waals surface area contributed by atoms with Crippen molar-refractivity contribution in [3.8, 4) is 5.75 Å². The summed E-state index contributed by atoms with van der Waals surface area (Å²) in [5.41, 5.74) is 2.48. The van der Waals surface area contributed by atoms with Crippen LogP contribution in [0.2, 0.25) is 5.02 Å². The largest absolute Gasteiger partial charge is 0.488 e. The second kappa shape index (κ2) is 11.5. The number of hydrogen-bond donors (Lipinski definition) is 0. The summed E-state index contributed by atoms with van der Waals surface area (Å²) < 4.78 is 13.8. The number of hydrogen-bond acceptors (Lipinski definition) is 7. The average Bonchev–Trinajstić information content (AvgIpc) is 3.61. The molecule has 9 heteroatoms. The molecule has 0 saturated heterocycles. The Kier molecular flexibility index (Phi) is 7.62. The van der Waals surface area contributed by atoms with Crippen LogP contribution >= 0.6 is 34.3 Å². The Morgan fingerprint density at radius 3 is 2.63 bits per heavy atom. The van der Waals surface area contributed by atoms with E-state index in [0.717, 1.165) is 26.8 Å². The van der Waals surface area contributed by atoms with E-state index in [-0.39, 0.29) is 12.2 Å². The Bertz CT molecular complexity index is 1970. The highest BCUT2D eigenvalue weighted by molar-refractivity contribution is 7.10. The highest BCUT2D eigenvalue weighted by Gasteiger charge is 2.34. The Labute approximate surface area is 249 Å². The fourth-order valence-corrected chi connectivity index (χ4v) is 6.91. The van der Waals surface area contributed by atoms with Crippen LogP contribution in [-0.4, -0.2) is 17.1 Å². The van der Waals surface area contributed by atoms with Gasteiger partial charge < -0.3 is 9.47 Å². The van der Waals surface area contributed by atoms with Crippen LogP contribution in [0.25, 0.3) is 16.8 Å². The van der Waals surface area contributed by atoms with E-state index in [1.807, 2.05) is 84.3 Å². The molecule has 0 bridgehead atoms. The molecule has 0 amide bonds. The standard InChI is InChI=1S/C32H25ClN2O4S2/c1-3-38-31(37)28-19(2)34-32-35(29(28)26-9-6-16-40-26)30(36)27(41-32)17-24-23-8-5-4-7-21(23)12-15-25(24)39-18-20-10-13-22(33)14-11-20/h4-17,29H,3,18H2,1-2H3. The molecule has 41 heavy (non-hydrogen) atoms. The SMILES string of the molecule is CCOC(=O)C1=C(C)N=c2sc(=Cc3c(OCc4ccc(Cl)cc4)ccc4ccccc34)c(=O)n2C1c1cccs1. The normalized spacial score (nSPS) is 15.1. The predicted octanol–water partition coefficient (Wildman–Crippen LogP) is 6.25. The minimum Gasteiger partial charge on any atom is -0.488 e. The topological polar surface area (TPSA) is 69.9 Å². The van der Waals surface area contributed by atoms with Crippen molar-refractivity contribution in [2.24, 2.45) is 4.99 Å². The zero-order valence-corrected chi connectivity index (χ0v) is 24.7. The van der Waals surface area contributed by atoms with Gasteiger partial charge in [-0.3, -0.25) is 9.36 Å². The van der Waals surface area contributed by atoms with Gasteiger partial charge in [0.05, 0.1) is 22.4 Å². The van der Waals surface area contributed by atoms with Crippen LogP contribution in [-0.2, 0) is 16.1 Å². The summed E-state index contributed by atoms with van der Waals surface area (Å²) in [7, 11) is 0. The summed E-state index contributed by atoms with van der Waals surface area (Å²) in [6, 6.07) is 22.7.